The topological polar surface area (TPSA) is 40.7 Å². The maximum absolute atomic E-state index is 4.10. The fourth-order valence-corrected chi connectivity index (χ4v) is 2.02. The van der Waals surface area contributed by atoms with Crippen molar-refractivity contribution in [3.05, 3.63) is 29.7 Å². The van der Waals surface area contributed by atoms with E-state index < -0.39 is 0 Å². The average molecular weight is 173 g/mol. The fraction of sp³-hybridized carbons (Fsp3) is 0.300. The molecule has 0 aromatic carbocycles. The van der Waals surface area contributed by atoms with Crippen LogP contribution in [0.25, 0.3) is 10.9 Å². The summed E-state index contributed by atoms with van der Waals surface area (Å²) in [4.78, 5) is 7.50. The predicted molar refractivity (Wildman–Crippen MR) is 51.5 cm³/mol. The van der Waals surface area contributed by atoms with Gasteiger partial charge in [-0.2, -0.15) is 0 Å². The van der Waals surface area contributed by atoms with E-state index in [1.54, 1.807) is 0 Å². The third-order valence-corrected chi connectivity index (χ3v) is 2.65. The Morgan fingerprint density at radius 1 is 1.38 bits per heavy atom. The molecule has 0 radical (unpaired) electrons. The first-order valence-electron chi connectivity index (χ1n) is 4.59. The van der Waals surface area contributed by atoms with Crippen molar-refractivity contribution < 1.29 is 0 Å². The lowest BCUT2D eigenvalue weighted by molar-refractivity contribution is 0.637. The summed E-state index contributed by atoms with van der Waals surface area (Å²) in [7, 11) is 0. The molecule has 3 heterocycles. The Morgan fingerprint density at radius 3 is 3.38 bits per heavy atom. The van der Waals surface area contributed by atoms with Crippen LogP contribution < -0.4 is 5.32 Å². The number of hydrogen-bond donors (Lipinski definition) is 2. The highest BCUT2D eigenvalue weighted by atomic mass is 14.9. The minimum absolute atomic E-state index is 0.962. The summed E-state index contributed by atoms with van der Waals surface area (Å²) in [5.74, 6) is 0. The number of aromatic nitrogens is 2. The minimum Gasteiger partial charge on any atom is -0.356 e. The third-order valence-electron chi connectivity index (χ3n) is 2.65. The molecule has 0 saturated carbocycles. The van der Waals surface area contributed by atoms with Crippen LogP contribution in [0.1, 0.15) is 11.3 Å². The van der Waals surface area contributed by atoms with Crippen LogP contribution in [-0.4, -0.2) is 16.5 Å². The Bertz CT molecular complexity index is 444. The molecule has 1 aliphatic heterocycles. The summed E-state index contributed by atoms with van der Waals surface area (Å²) in [5, 5.41) is 4.69. The second-order valence-electron chi connectivity index (χ2n) is 3.43. The van der Waals surface area contributed by atoms with Crippen molar-refractivity contribution in [3.63, 3.8) is 0 Å². The van der Waals surface area contributed by atoms with Gasteiger partial charge in [-0.1, -0.05) is 0 Å². The van der Waals surface area contributed by atoms with Crippen LogP contribution in [0.15, 0.2) is 18.5 Å². The maximum Gasteiger partial charge on any atom is 0.0645 e. The number of fused-ring (bicyclic) bond motifs is 3. The number of aromatic amines is 1. The zero-order valence-corrected chi connectivity index (χ0v) is 7.30. The molecule has 1 aliphatic rings. The van der Waals surface area contributed by atoms with E-state index in [0.29, 0.717) is 0 Å². The van der Waals surface area contributed by atoms with Crippen LogP contribution in [-0.2, 0) is 13.0 Å². The second kappa shape index (κ2) is 2.57. The highest BCUT2D eigenvalue weighted by Crippen LogP contribution is 2.23. The first kappa shape index (κ1) is 7.09. The molecule has 0 atom stereocenters. The molecular formula is C10H11N3. The van der Waals surface area contributed by atoms with Gasteiger partial charge in [0.05, 0.1) is 11.7 Å². The average Bonchev–Trinajstić information content (AvgIpc) is 2.56. The van der Waals surface area contributed by atoms with Crippen molar-refractivity contribution >= 4 is 10.9 Å². The van der Waals surface area contributed by atoms with Crippen molar-refractivity contribution in [2.75, 3.05) is 6.54 Å². The van der Waals surface area contributed by atoms with E-state index in [2.05, 4.69) is 21.4 Å². The van der Waals surface area contributed by atoms with E-state index in [4.69, 9.17) is 0 Å². The number of nitrogens with zero attached hydrogens (tertiary/aromatic N) is 1. The lowest BCUT2D eigenvalue weighted by atomic mass is 10.1. The summed E-state index contributed by atoms with van der Waals surface area (Å²) < 4.78 is 0. The van der Waals surface area contributed by atoms with Gasteiger partial charge >= 0.3 is 0 Å². The molecule has 3 heteroatoms. The molecule has 3 nitrogen and oxygen atoms in total. The summed E-state index contributed by atoms with van der Waals surface area (Å²) >= 11 is 0. The Kier molecular flexibility index (Phi) is 1.40. The maximum atomic E-state index is 4.10. The van der Waals surface area contributed by atoms with E-state index in [-0.39, 0.29) is 0 Å². The van der Waals surface area contributed by atoms with E-state index in [0.717, 1.165) is 25.0 Å². The monoisotopic (exact) mass is 173 g/mol. The molecule has 0 unspecified atom stereocenters. The SMILES string of the molecule is c1cc2c3c([nH]c2cn1)CNCC3. The first-order valence-corrected chi connectivity index (χ1v) is 4.59. The van der Waals surface area contributed by atoms with Gasteiger partial charge in [0.25, 0.3) is 0 Å². The first-order chi connectivity index (χ1) is 6.45. The van der Waals surface area contributed by atoms with E-state index in [9.17, 15) is 0 Å². The molecule has 13 heavy (non-hydrogen) atoms. The second-order valence-corrected chi connectivity index (χ2v) is 3.43. The molecule has 0 fully saturated rings. The van der Waals surface area contributed by atoms with Crippen LogP contribution >= 0.6 is 0 Å². The largest absolute Gasteiger partial charge is 0.356 e. The van der Waals surface area contributed by atoms with E-state index in [1.165, 1.54) is 16.6 Å². The molecule has 2 N–H and O–H groups in total. The standard InChI is InChI=1S/C10H11N3/c1-3-11-5-9-7(1)8-2-4-12-6-10(8)13-9/h1,3,5,12-13H,2,4,6H2. The minimum atomic E-state index is 0.962. The zero-order valence-electron chi connectivity index (χ0n) is 7.30. The van der Waals surface area contributed by atoms with Gasteiger partial charge in [-0.05, 0) is 24.6 Å². The highest BCUT2D eigenvalue weighted by molar-refractivity contribution is 5.83. The van der Waals surface area contributed by atoms with Crippen molar-refractivity contribution in [2.45, 2.75) is 13.0 Å². The van der Waals surface area contributed by atoms with Gasteiger partial charge in [0.15, 0.2) is 0 Å². The zero-order chi connectivity index (χ0) is 8.67. The van der Waals surface area contributed by atoms with Gasteiger partial charge in [0.2, 0.25) is 0 Å². The summed E-state index contributed by atoms with van der Waals surface area (Å²) in [6, 6.07) is 2.09. The van der Waals surface area contributed by atoms with Crippen molar-refractivity contribution in [1.82, 2.24) is 15.3 Å². The number of nitrogens with one attached hydrogen (secondary N) is 2. The molecule has 2 aromatic rings. The smallest absolute Gasteiger partial charge is 0.0645 e. The molecule has 0 amide bonds. The number of H-pyrrole nitrogens is 1. The molecule has 3 rings (SSSR count). The van der Waals surface area contributed by atoms with Crippen LogP contribution in [0.5, 0.6) is 0 Å². The van der Waals surface area contributed by atoms with Gasteiger partial charge in [0, 0.05) is 23.8 Å². The van der Waals surface area contributed by atoms with E-state index in [1.807, 2.05) is 12.4 Å². The lowest BCUT2D eigenvalue weighted by Gasteiger charge is -2.12. The number of pyridine rings is 1. The summed E-state index contributed by atoms with van der Waals surface area (Å²) in [5.41, 5.74) is 3.96. The Morgan fingerprint density at radius 2 is 2.38 bits per heavy atom. The van der Waals surface area contributed by atoms with Crippen LogP contribution in [0.4, 0.5) is 0 Å². The molecule has 0 saturated heterocycles. The van der Waals surface area contributed by atoms with Crippen molar-refractivity contribution in [3.8, 4) is 0 Å². The molecular weight excluding hydrogens is 162 g/mol. The predicted octanol–water partition coefficient (Wildman–Crippen LogP) is 1.21. The summed E-state index contributed by atoms with van der Waals surface area (Å²) in [6.07, 6.45) is 4.88. The number of rotatable bonds is 0. The molecule has 0 aliphatic carbocycles. The van der Waals surface area contributed by atoms with Gasteiger partial charge < -0.3 is 10.3 Å². The van der Waals surface area contributed by atoms with Crippen LogP contribution in [0.3, 0.4) is 0 Å². The molecule has 0 bridgehead atoms. The molecule has 0 spiro atoms. The Hall–Kier alpha value is -1.35. The van der Waals surface area contributed by atoms with Gasteiger partial charge in [-0.15, -0.1) is 0 Å². The highest BCUT2D eigenvalue weighted by Gasteiger charge is 2.13. The van der Waals surface area contributed by atoms with Crippen LogP contribution in [0.2, 0.25) is 0 Å². The summed E-state index contributed by atoms with van der Waals surface area (Å²) in [6.45, 7) is 2.05. The Balaban J connectivity index is 2.34. The normalized spacial score (nSPS) is 16.0. The Labute approximate surface area is 76.2 Å². The van der Waals surface area contributed by atoms with Gasteiger partial charge in [-0.25, -0.2) is 0 Å². The van der Waals surface area contributed by atoms with Gasteiger partial charge in [-0.3, -0.25) is 4.98 Å². The fourth-order valence-electron chi connectivity index (χ4n) is 2.02. The van der Waals surface area contributed by atoms with Crippen LogP contribution in [0, 0.1) is 0 Å². The lowest BCUT2D eigenvalue weighted by Crippen LogP contribution is -2.22. The van der Waals surface area contributed by atoms with Gasteiger partial charge in [0.1, 0.15) is 0 Å². The quantitative estimate of drug-likeness (QED) is 0.628. The number of hydrogen-bond acceptors (Lipinski definition) is 2. The van der Waals surface area contributed by atoms with Crippen molar-refractivity contribution in [1.29, 1.82) is 0 Å². The molecule has 66 valence electrons. The molecule has 2 aromatic heterocycles. The van der Waals surface area contributed by atoms with Crippen molar-refractivity contribution in [2.24, 2.45) is 0 Å². The third kappa shape index (κ3) is 0.971. The van der Waals surface area contributed by atoms with E-state index >= 15 is 0 Å².